The molecule has 4 rings (SSSR count). The normalized spacial score (nSPS) is 23.6. The molecule has 0 saturated carbocycles. The number of anilines is 1. The zero-order chi connectivity index (χ0) is 17.4. The first-order chi connectivity index (χ1) is 12.1. The Morgan fingerprint density at radius 1 is 1.12 bits per heavy atom. The van der Waals surface area contributed by atoms with Crippen LogP contribution in [0.2, 0.25) is 0 Å². The Kier molecular flexibility index (Phi) is 4.46. The summed E-state index contributed by atoms with van der Waals surface area (Å²) in [5, 5.41) is 3.97. The molecule has 0 radical (unpaired) electrons. The lowest BCUT2D eigenvalue weighted by Crippen LogP contribution is -2.30. The van der Waals surface area contributed by atoms with Crippen molar-refractivity contribution in [2.75, 3.05) is 37.6 Å². The van der Waals surface area contributed by atoms with Gasteiger partial charge in [0.1, 0.15) is 17.9 Å². The van der Waals surface area contributed by atoms with Crippen molar-refractivity contribution in [3.63, 3.8) is 0 Å². The van der Waals surface area contributed by atoms with Gasteiger partial charge in [-0.25, -0.2) is 9.97 Å². The molecule has 2 aliphatic heterocycles. The van der Waals surface area contributed by atoms with Crippen molar-refractivity contribution >= 4 is 5.82 Å². The van der Waals surface area contributed by atoms with E-state index in [1.165, 1.54) is 13.1 Å². The Balaban J connectivity index is 1.32. The molecule has 6 heteroatoms. The molecule has 0 spiro atoms. The van der Waals surface area contributed by atoms with E-state index in [1.807, 2.05) is 13.0 Å². The molecule has 2 aliphatic rings. The fourth-order valence-electron chi connectivity index (χ4n) is 4.11. The largest absolute Gasteiger partial charge is 0.361 e. The van der Waals surface area contributed by atoms with Gasteiger partial charge >= 0.3 is 0 Å². The van der Waals surface area contributed by atoms with E-state index in [9.17, 15) is 0 Å². The van der Waals surface area contributed by atoms with Crippen LogP contribution in [0.15, 0.2) is 23.0 Å². The van der Waals surface area contributed by atoms with E-state index in [1.54, 1.807) is 6.33 Å². The van der Waals surface area contributed by atoms with Crippen LogP contribution >= 0.6 is 0 Å². The molecule has 0 bridgehead atoms. The van der Waals surface area contributed by atoms with Crippen LogP contribution in [-0.4, -0.2) is 52.7 Å². The van der Waals surface area contributed by atoms with E-state index >= 15 is 0 Å². The zero-order valence-corrected chi connectivity index (χ0v) is 15.4. The van der Waals surface area contributed by atoms with Crippen LogP contribution in [-0.2, 0) is 6.42 Å². The quantitative estimate of drug-likeness (QED) is 0.833. The summed E-state index contributed by atoms with van der Waals surface area (Å²) in [5.41, 5.74) is 2.10. The third-order valence-electron chi connectivity index (χ3n) is 5.50. The number of hydrogen-bond acceptors (Lipinski definition) is 6. The summed E-state index contributed by atoms with van der Waals surface area (Å²) in [6, 6.07) is 4.20. The Morgan fingerprint density at radius 3 is 2.52 bits per heavy atom. The second-order valence-electron chi connectivity index (χ2n) is 7.83. The highest BCUT2D eigenvalue weighted by Crippen LogP contribution is 2.33. The summed E-state index contributed by atoms with van der Waals surface area (Å²) in [5.74, 6) is 4.03. The van der Waals surface area contributed by atoms with Gasteiger partial charge in [0.15, 0.2) is 0 Å². The van der Waals surface area contributed by atoms with Crippen molar-refractivity contribution in [1.82, 2.24) is 20.0 Å². The second-order valence-corrected chi connectivity index (χ2v) is 7.83. The minimum Gasteiger partial charge on any atom is -0.361 e. The van der Waals surface area contributed by atoms with Crippen LogP contribution in [0.25, 0.3) is 0 Å². The maximum absolute atomic E-state index is 5.32. The van der Waals surface area contributed by atoms with E-state index in [0.717, 1.165) is 60.9 Å². The molecule has 0 N–H and O–H groups in total. The molecule has 0 aliphatic carbocycles. The van der Waals surface area contributed by atoms with Crippen LogP contribution in [0, 0.1) is 18.8 Å². The van der Waals surface area contributed by atoms with Crippen molar-refractivity contribution in [3.8, 4) is 0 Å². The molecule has 134 valence electrons. The summed E-state index contributed by atoms with van der Waals surface area (Å²) in [6.07, 6.45) is 2.66. The molecule has 0 amide bonds. The predicted octanol–water partition coefficient (Wildman–Crippen LogP) is 2.51. The lowest BCUT2D eigenvalue weighted by molar-refractivity contribution is 0.299. The Morgan fingerprint density at radius 2 is 1.88 bits per heavy atom. The third-order valence-corrected chi connectivity index (χ3v) is 5.50. The SMILES string of the molecule is Cc1cc(CCN2CC3CN(c4cc(C(C)C)ncn4)CC3C2)on1. The number of fused-ring (bicyclic) bond motifs is 1. The van der Waals surface area contributed by atoms with Gasteiger partial charge in [0.25, 0.3) is 0 Å². The van der Waals surface area contributed by atoms with Gasteiger partial charge in [-0.1, -0.05) is 19.0 Å². The van der Waals surface area contributed by atoms with Gasteiger partial charge in [0.05, 0.1) is 5.69 Å². The smallest absolute Gasteiger partial charge is 0.138 e. The molecular weight excluding hydrogens is 314 g/mol. The Labute approximate surface area is 149 Å². The molecule has 0 aromatic carbocycles. The Hall–Kier alpha value is -1.95. The highest BCUT2D eigenvalue weighted by Gasteiger charge is 2.40. The van der Waals surface area contributed by atoms with E-state index < -0.39 is 0 Å². The first-order valence-electron chi connectivity index (χ1n) is 9.30. The topological polar surface area (TPSA) is 58.3 Å². The molecule has 2 aromatic heterocycles. The number of nitrogens with zero attached hydrogens (tertiary/aromatic N) is 5. The van der Waals surface area contributed by atoms with E-state index in [0.29, 0.717) is 5.92 Å². The minimum atomic E-state index is 0.444. The summed E-state index contributed by atoms with van der Waals surface area (Å²) in [4.78, 5) is 13.9. The van der Waals surface area contributed by atoms with Crippen molar-refractivity contribution in [1.29, 1.82) is 0 Å². The van der Waals surface area contributed by atoms with Crippen LogP contribution < -0.4 is 4.90 Å². The number of likely N-dealkylation sites (tertiary alicyclic amines) is 1. The molecule has 2 aromatic rings. The minimum absolute atomic E-state index is 0.444. The lowest BCUT2D eigenvalue weighted by Gasteiger charge is -2.22. The van der Waals surface area contributed by atoms with Gasteiger partial charge < -0.3 is 14.3 Å². The second kappa shape index (κ2) is 6.75. The van der Waals surface area contributed by atoms with Crippen molar-refractivity contribution in [2.24, 2.45) is 11.8 Å². The van der Waals surface area contributed by atoms with E-state index in [4.69, 9.17) is 4.52 Å². The monoisotopic (exact) mass is 341 g/mol. The number of aromatic nitrogens is 3. The van der Waals surface area contributed by atoms with Crippen LogP contribution in [0.1, 0.15) is 36.9 Å². The number of aryl methyl sites for hydroxylation is 1. The standard InChI is InChI=1S/C19H27N5O/c1-13(2)18-7-19(21-12-20-18)24-10-15-8-23(9-16(15)11-24)5-4-17-6-14(3)22-25-17/h6-7,12-13,15-16H,4-5,8-11H2,1-3H3. The maximum Gasteiger partial charge on any atom is 0.138 e. The average molecular weight is 341 g/mol. The third kappa shape index (κ3) is 3.54. The summed E-state index contributed by atoms with van der Waals surface area (Å²) < 4.78 is 5.32. The molecule has 2 unspecified atom stereocenters. The Bertz CT molecular complexity index is 714. The van der Waals surface area contributed by atoms with Crippen LogP contribution in [0.5, 0.6) is 0 Å². The fourth-order valence-corrected chi connectivity index (χ4v) is 4.11. The fraction of sp³-hybridized carbons (Fsp3) is 0.632. The molecule has 2 fully saturated rings. The molecule has 2 atom stereocenters. The van der Waals surface area contributed by atoms with Gasteiger partial charge in [-0.05, 0) is 24.7 Å². The molecular formula is C19H27N5O. The van der Waals surface area contributed by atoms with Gasteiger partial charge in [0.2, 0.25) is 0 Å². The van der Waals surface area contributed by atoms with Gasteiger partial charge in [-0.2, -0.15) is 0 Å². The molecule has 2 saturated heterocycles. The number of rotatable bonds is 5. The maximum atomic E-state index is 5.32. The van der Waals surface area contributed by atoms with Crippen molar-refractivity contribution in [2.45, 2.75) is 33.1 Å². The zero-order valence-electron chi connectivity index (χ0n) is 15.4. The highest BCUT2D eigenvalue weighted by atomic mass is 16.5. The van der Waals surface area contributed by atoms with Crippen molar-refractivity contribution < 1.29 is 4.52 Å². The average Bonchev–Trinajstić information content (AvgIpc) is 3.27. The van der Waals surface area contributed by atoms with E-state index in [-0.39, 0.29) is 0 Å². The number of hydrogen-bond donors (Lipinski definition) is 0. The summed E-state index contributed by atoms with van der Waals surface area (Å²) >= 11 is 0. The predicted molar refractivity (Wildman–Crippen MR) is 96.7 cm³/mol. The van der Waals surface area contributed by atoms with Gasteiger partial charge in [-0.15, -0.1) is 0 Å². The molecule has 25 heavy (non-hydrogen) atoms. The molecule has 6 nitrogen and oxygen atoms in total. The van der Waals surface area contributed by atoms with Gasteiger partial charge in [-0.3, -0.25) is 0 Å². The lowest BCUT2D eigenvalue weighted by atomic mass is 10.0. The van der Waals surface area contributed by atoms with Crippen LogP contribution in [0.3, 0.4) is 0 Å². The molecule has 4 heterocycles. The van der Waals surface area contributed by atoms with E-state index in [2.05, 4.69) is 44.8 Å². The first kappa shape index (κ1) is 16.5. The van der Waals surface area contributed by atoms with Crippen LogP contribution in [0.4, 0.5) is 5.82 Å². The van der Waals surface area contributed by atoms with Crippen molar-refractivity contribution in [3.05, 3.63) is 35.6 Å². The van der Waals surface area contributed by atoms with Gasteiger partial charge in [0, 0.05) is 57.0 Å². The summed E-state index contributed by atoms with van der Waals surface area (Å²) in [7, 11) is 0. The summed E-state index contributed by atoms with van der Waals surface area (Å²) in [6.45, 7) is 12.0. The first-order valence-corrected chi connectivity index (χ1v) is 9.30. The highest BCUT2D eigenvalue weighted by molar-refractivity contribution is 5.41.